The van der Waals surface area contributed by atoms with Gasteiger partial charge >= 0.3 is 12.1 Å². The number of hydrogen-bond acceptors (Lipinski definition) is 6. The van der Waals surface area contributed by atoms with Gasteiger partial charge in [-0.05, 0) is 48.7 Å². The average molecular weight is 525 g/mol. The van der Waals surface area contributed by atoms with Crippen LogP contribution in [0, 0.1) is 0 Å². The van der Waals surface area contributed by atoms with Crippen molar-refractivity contribution in [2.24, 2.45) is 0 Å². The quantitative estimate of drug-likeness (QED) is 0.366. The molecule has 1 aliphatic carbocycles. The van der Waals surface area contributed by atoms with Gasteiger partial charge in [-0.25, -0.2) is 4.79 Å². The van der Waals surface area contributed by atoms with Gasteiger partial charge in [0.15, 0.2) is 5.75 Å². The lowest BCUT2D eigenvalue weighted by Gasteiger charge is -2.23. The van der Waals surface area contributed by atoms with Crippen LogP contribution >= 0.6 is 23.2 Å². The fraction of sp³-hybridized carbons (Fsp3) is 0.375. The maximum absolute atomic E-state index is 12.7. The van der Waals surface area contributed by atoms with Crippen molar-refractivity contribution in [2.45, 2.75) is 44.6 Å². The van der Waals surface area contributed by atoms with Crippen LogP contribution in [0.3, 0.4) is 0 Å². The second kappa shape index (κ2) is 12.5. The molecule has 188 valence electrons. The number of aromatic hydroxyl groups is 1. The summed E-state index contributed by atoms with van der Waals surface area (Å²) in [5, 5.41) is 24.2. The zero-order valence-corrected chi connectivity index (χ0v) is 20.3. The Labute approximate surface area is 212 Å². The number of rotatable bonds is 9. The zero-order valence-electron chi connectivity index (χ0n) is 18.8. The molecule has 0 atom stereocenters. The molecule has 4 N–H and O–H groups in total. The smallest absolute Gasteiger partial charge is 0.407 e. The number of hydrogen-bond donors (Lipinski definition) is 4. The van der Waals surface area contributed by atoms with Gasteiger partial charge in [0, 0.05) is 12.5 Å². The molecule has 1 fully saturated rings. The van der Waals surface area contributed by atoms with E-state index in [0.717, 1.165) is 32.1 Å². The summed E-state index contributed by atoms with van der Waals surface area (Å²) in [7, 11) is 0. The molecule has 0 aliphatic heterocycles. The molecule has 0 spiro atoms. The van der Waals surface area contributed by atoms with Crippen molar-refractivity contribution < 1.29 is 34.1 Å². The fourth-order valence-corrected chi connectivity index (χ4v) is 4.31. The van der Waals surface area contributed by atoms with E-state index in [1.54, 1.807) is 12.1 Å². The topological polar surface area (TPSA) is 134 Å². The first kappa shape index (κ1) is 26.4. The van der Waals surface area contributed by atoms with Crippen molar-refractivity contribution in [3.05, 3.63) is 51.5 Å². The summed E-state index contributed by atoms with van der Waals surface area (Å²) in [5.74, 6) is -1.28. The molecule has 0 unspecified atom stereocenters. The van der Waals surface area contributed by atoms with E-state index in [0.29, 0.717) is 5.56 Å². The van der Waals surface area contributed by atoms with Crippen molar-refractivity contribution in [2.75, 3.05) is 13.2 Å². The van der Waals surface area contributed by atoms with Gasteiger partial charge in [-0.15, -0.1) is 0 Å². The molecule has 35 heavy (non-hydrogen) atoms. The number of benzene rings is 2. The first-order valence-corrected chi connectivity index (χ1v) is 11.9. The van der Waals surface area contributed by atoms with Gasteiger partial charge in [0.1, 0.15) is 18.0 Å². The highest BCUT2D eigenvalue weighted by atomic mass is 35.5. The number of carboxylic acid groups (broad SMARTS) is 1. The Bertz CT molecular complexity index is 1060. The Balaban J connectivity index is 1.63. The minimum atomic E-state index is -1.18. The second-order valence-corrected chi connectivity index (χ2v) is 8.93. The van der Waals surface area contributed by atoms with Crippen molar-refractivity contribution in [3.8, 4) is 17.2 Å². The Morgan fingerprint density at radius 3 is 2.37 bits per heavy atom. The molecule has 11 heteroatoms. The number of aliphatic carboxylic acids is 1. The van der Waals surface area contributed by atoms with Crippen LogP contribution in [0.5, 0.6) is 17.2 Å². The summed E-state index contributed by atoms with van der Waals surface area (Å²) in [6.07, 6.45) is 4.56. The highest BCUT2D eigenvalue weighted by Gasteiger charge is 2.20. The number of halogens is 2. The van der Waals surface area contributed by atoms with Gasteiger partial charge in [-0.3, -0.25) is 9.59 Å². The number of carbonyl (C=O) groups is 3. The molecule has 2 aromatic rings. The standard InChI is InChI=1S/C24H26Cl2N2O7/c25-18-10-14(8-9-34-24(33)27-13-21(30)31)11-19(26)22(18)35-16-6-7-20(29)17(12-16)23(32)28-15-4-2-1-3-5-15/h6-7,10-12,15,29H,1-5,8-9,13H2,(H,27,33)(H,28,32)(H,30,31). The number of carbonyl (C=O) groups excluding carboxylic acids is 2. The van der Waals surface area contributed by atoms with Crippen LogP contribution in [0.2, 0.25) is 10.0 Å². The molecule has 0 saturated heterocycles. The Kier molecular flexibility index (Phi) is 9.45. The molecule has 3 rings (SSSR count). The van der Waals surface area contributed by atoms with E-state index in [2.05, 4.69) is 10.6 Å². The zero-order chi connectivity index (χ0) is 25.4. The van der Waals surface area contributed by atoms with Crippen LogP contribution in [0.15, 0.2) is 30.3 Å². The van der Waals surface area contributed by atoms with Crippen LogP contribution < -0.4 is 15.4 Å². The van der Waals surface area contributed by atoms with Crippen molar-refractivity contribution in [1.29, 1.82) is 0 Å². The number of phenolic OH excluding ortho intramolecular Hbond substituents is 1. The highest BCUT2D eigenvalue weighted by molar-refractivity contribution is 6.37. The number of phenols is 1. The molecule has 2 aromatic carbocycles. The lowest BCUT2D eigenvalue weighted by atomic mass is 9.95. The van der Waals surface area contributed by atoms with E-state index in [-0.39, 0.29) is 57.8 Å². The van der Waals surface area contributed by atoms with Gasteiger partial charge < -0.3 is 30.3 Å². The van der Waals surface area contributed by atoms with E-state index < -0.39 is 18.6 Å². The summed E-state index contributed by atoms with van der Waals surface area (Å²) >= 11 is 12.7. The lowest BCUT2D eigenvalue weighted by molar-refractivity contribution is -0.135. The predicted molar refractivity (Wildman–Crippen MR) is 130 cm³/mol. The third-order valence-corrected chi connectivity index (χ3v) is 6.00. The molecule has 0 bridgehead atoms. The molecule has 0 heterocycles. The third-order valence-electron chi connectivity index (χ3n) is 5.44. The SMILES string of the molecule is O=C(O)CNC(=O)OCCc1cc(Cl)c(Oc2ccc(O)c(C(=O)NC3CCCCC3)c2)c(Cl)c1. The molecular formula is C24H26Cl2N2O7. The number of amides is 2. The van der Waals surface area contributed by atoms with E-state index in [4.69, 9.17) is 37.8 Å². The highest BCUT2D eigenvalue weighted by Crippen LogP contribution is 2.38. The number of ether oxygens (including phenoxy) is 2. The first-order valence-electron chi connectivity index (χ1n) is 11.1. The second-order valence-electron chi connectivity index (χ2n) is 8.11. The minimum absolute atomic E-state index is 0.0181. The maximum Gasteiger partial charge on any atom is 0.407 e. The lowest BCUT2D eigenvalue weighted by Crippen LogP contribution is -2.36. The summed E-state index contributed by atoms with van der Waals surface area (Å²) < 4.78 is 10.7. The van der Waals surface area contributed by atoms with Crippen LogP contribution in [0.4, 0.5) is 4.79 Å². The van der Waals surface area contributed by atoms with Crippen LogP contribution in [0.25, 0.3) is 0 Å². The van der Waals surface area contributed by atoms with Crippen LogP contribution in [-0.4, -0.2) is 47.4 Å². The monoisotopic (exact) mass is 524 g/mol. The predicted octanol–water partition coefficient (Wildman–Crippen LogP) is 4.91. The van der Waals surface area contributed by atoms with Gasteiger partial charge in [0.2, 0.25) is 0 Å². The number of alkyl carbamates (subject to hydrolysis) is 1. The molecule has 0 radical (unpaired) electrons. The summed E-state index contributed by atoms with van der Waals surface area (Å²) in [6.45, 7) is -0.556. The third kappa shape index (κ3) is 7.93. The van der Waals surface area contributed by atoms with E-state index >= 15 is 0 Å². The van der Waals surface area contributed by atoms with Crippen LogP contribution in [0.1, 0.15) is 48.0 Å². The van der Waals surface area contributed by atoms with E-state index in [1.165, 1.54) is 18.2 Å². The fourth-order valence-electron chi connectivity index (χ4n) is 3.70. The maximum atomic E-state index is 12.7. The summed E-state index contributed by atoms with van der Waals surface area (Å²) in [6, 6.07) is 7.57. The normalized spacial score (nSPS) is 13.7. The van der Waals surface area contributed by atoms with Crippen LogP contribution in [-0.2, 0) is 16.0 Å². The van der Waals surface area contributed by atoms with Crippen molar-refractivity contribution >= 4 is 41.2 Å². The van der Waals surface area contributed by atoms with Gasteiger partial charge in [0.05, 0.1) is 22.2 Å². The molecular weight excluding hydrogens is 499 g/mol. The number of carboxylic acids is 1. The summed E-state index contributed by atoms with van der Waals surface area (Å²) in [5.41, 5.74) is 0.756. The molecule has 0 aromatic heterocycles. The summed E-state index contributed by atoms with van der Waals surface area (Å²) in [4.78, 5) is 34.6. The largest absolute Gasteiger partial charge is 0.507 e. The molecule has 1 aliphatic rings. The Morgan fingerprint density at radius 2 is 1.71 bits per heavy atom. The Hall–Kier alpha value is -3.17. The van der Waals surface area contributed by atoms with Crippen molar-refractivity contribution in [1.82, 2.24) is 10.6 Å². The molecule has 9 nitrogen and oxygen atoms in total. The average Bonchev–Trinajstić information content (AvgIpc) is 2.81. The van der Waals surface area contributed by atoms with Crippen molar-refractivity contribution in [3.63, 3.8) is 0 Å². The van der Waals surface area contributed by atoms with Gasteiger partial charge in [-0.2, -0.15) is 0 Å². The first-order chi connectivity index (χ1) is 16.7. The van der Waals surface area contributed by atoms with E-state index in [1.807, 2.05) is 0 Å². The molecule has 1 saturated carbocycles. The van der Waals surface area contributed by atoms with Gasteiger partial charge in [0.25, 0.3) is 5.91 Å². The number of nitrogens with one attached hydrogen (secondary N) is 2. The minimum Gasteiger partial charge on any atom is -0.507 e. The molecule has 2 amide bonds. The Morgan fingerprint density at radius 1 is 1.03 bits per heavy atom. The van der Waals surface area contributed by atoms with Gasteiger partial charge in [-0.1, -0.05) is 42.5 Å². The van der Waals surface area contributed by atoms with E-state index in [9.17, 15) is 19.5 Å².